The number of rotatable bonds is 3. The van der Waals surface area contributed by atoms with Crippen molar-refractivity contribution < 1.29 is 4.74 Å². The van der Waals surface area contributed by atoms with Crippen molar-refractivity contribution in [3.05, 3.63) is 52.5 Å². The molecule has 0 fully saturated rings. The predicted molar refractivity (Wildman–Crippen MR) is 83.6 cm³/mol. The summed E-state index contributed by atoms with van der Waals surface area (Å²) in [4.78, 5) is 0. The van der Waals surface area contributed by atoms with Crippen LogP contribution in [0, 0.1) is 0 Å². The second-order valence-electron chi connectivity index (χ2n) is 5.10. The Kier molecular flexibility index (Phi) is 3.68. The third-order valence-electron chi connectivity index (χ3n) is 4.08. The minimum absolute atomic E-state index is 0.471. The number of nitrogens with one attached hydrogen (secondary N) is 1. The molecule has 0 aromatic heterocycles. The molecule has 0 saturated heterocycles. The average Bonchev–Trinajstić information content (AvgIpc) is 2.90. The number of hydrogen-bond acceptors (Lipinski definition) is 2. The van der Waals surface area contributed by atoms with Crippen LogP contribution in [0.3, 0.4) is 0 Å². The molecule has 0 bridgehead atoms. The Bertz CT molecular complexity index is 639. The SMILES string of the molecule is CNC1CCc2c(-c3ccc(OC)c(Cl)c3)cccc21. The van der Waals surface area contributed by atoms with Crippen LogP contribution in [0.2, 0.25) is 5.02 Å². The highest BCUT2D eigenvalue weighted by molar-refractivity contribution is 6.32. The molecular weight excluding hydrogens is 270 g/mol. The molecule has 0 aliphatic heterocycles. The minimum atomic E-state index is 0.471. The van der Waals surface area contributed by atoms with Crippen LogP contribution in [0.5, 0.6) is 5.75 Å². The van der Waals surface area contributed by atoms with Gasteiger partial charge in [0.1, 0.15) is 5.75 Å². The van der Waals surface area contributed by atoms with Gasteiger partial charge in [-0.1, -0.05) is 35.9 Å². The molecule has 1 unspecified atom stereocenters. The van der Waals surface area contributed by atoms with Gasteiger partial charge in [0.05, 0.1) is 12.1 Å². The van der Waals surface area contributed by atoms with Crippen molar-refractivity contribution in [1.82, 2.24) is 5.32 Å². The Labute approximate surface area is 124 Å². The first kappa shape index (κ1) is 13.5. The first-order chi connectivity index (χ1) is 9.74. The molecule has 1 aliphatic rings. The maximum Gasteiger partial charge on any atom is 0.137 e. The van der Waals surface area contributed by atoms with Gasteiger partial charge in [0, 0.05) is 6.04 Å². The van der Waals surface area contributed by atoms with E-state index in [0.717, 1.165) is 24.2 Å². The predicted octanol–water partition coefficient (Wildman–Crippen LogP) is 4.22. The zero-order valence-corrected chi connectivity index (χ0v) is 12.5. The second kappa shape index (κ2) is 5.47. The molecule has 2 aromatic carbocycles. The summed E-state index contributed by atoms with van der Waals surface area (Å²) in [5.74, 6) is 0.719. The summed E-state index contributed by atoms with van der Waals surface area (Å²) in [6.07, 6.45) is 2.27. The summed E-state index contributed by atoms with van der Waals surface area (Å²) in [5, 5.41) is 4.04. The maximum absolute atomic E-state index is 6.25. The molecule has 3 rings (SSSR count). The van der Waals surface area contributed by atoms with Crippen LogP contribution in [0.15, 0.2) is 36.4 Å². The molecular formula is C17H18ClNO. The Morgan fingerprint density at radius 3 is 2.80 bits per heavy atom. The molecule has 104 valence electrons. The van der Waals surface area contributed by atoms with Crippen molar-refractivity contribution >= 4 is 11.6 Å². The Morgan fingerprint density at radius 2 is 2.10 bits per heavy atom. The van der Waals surface area contributed by atoms with Gasteiger partial charge in [-0.25, -0.2) is 0 Å². The number of halogens is 1. The zero-order valence-electron chi connectivity index (χ0n) is 11.7. The fourth-order valence-corrected chi connectivity index (χ4v) is 3.32. The maximum atomic E-state index is 6.25. The summed E-state index contributed by atoms with van der Waals surface area (Å²) < 4.78 is 5.22. The van der Waals surface area contributed by atoms with E-state index in [0.29, 0.717) is 11.1 Å². The van der Waals surface area contributed by atoms with Crippen molar-refractivity contribution in [3.63, 3.8) is 0 Å². The summed E-state index contributed by atoms with van der Waals surface area (Å²) in [7, 11) is 3.66. The molecule has 3 heteroatoms. The van der Waals surface area contributed by atoms with Gasteiger partial charge < -0.3 is 10.1 Å². The highest BCUT2D eigenvalue weighted by atomic mass is 35.5. The lowest BCUT2D eigenvalue weighted by Crippen LogP contribution is -2.12. The summed E-state index contributed by atoms with van der Waals surface area (Å²) >= 11 is 6.25. The van der Waals surface area contributed by atoms with Gasteiger partial charge >= 0.3 is 0 Å². The van der Waals surface area contributed by atoms with Gasteiger partial charge in [-0.2, -0.15) is 0 Å². The molecule has 20 heavy (non-hydrogen) atoms. The monoisotopic (exact) mass is 287 g/mol. The Balaban J connectivity index is 2.08. The van der Waals surface area contributed by atoms with E-state index in [9.17, 15) is 0 Å². The number of benzene rings is 2. The quantitative estimate of drug-likeness (QED) is 0.912. The van der Waals surface area contributed by atoms with Crippen LogP contribution in [0.4, 0.5) is 0 Å². The normalized spacial score (nSPS) is 17.1. The fourth-order valence-electron chi connectivity index (χ4n) is 3.06. The van der Waals surface area contributed by atoms with Gasteiger partial charge in [0.25, 0.3) is 0 Å². The van der Waals surface area contributed by atoms with Crippen LogP contribution in [-0.4, -0.2) is 14.2 Å². The minimum Gasteiger partial charge on any atom is -0.495 e. The number of hydrogen-bond donors (Lipinski definition) is 1. The van der Waals surface area contributed by atoms with Crippen molar-refractivity contribution in [2.45, 2.75) is 18.9 Å². The fraction of sp³-hybridized carbons (Fsp3) is 0.294. The molecule has 2 nitrogen and oxygen atoms in total. The summed E-state index contributed by atoms with van der Waals surface area (Å²) in [5.41, 5.74) is 5.29. The van der Waals surface area contributed by atoms with Crippen molar-refractivity contribution in [2.24, 2.45) is 0 Å². The third-order valence-corrected chi connectivity index (χ3v) is 4.38. The molecule has 2 aromatic rings. The van der Waals surface area contributed by atoms with E-state index in [1.807, 2.05) is 19.2 Å². The number of methoxy groups -OCH3 is 1. The topological polar surface area (TPSA) is 21.3 Å². The Morgan fingerprint density at radius 1 is 1.25 bits per heavy atom. The smallest absolute Gasteiger partial charge is 0.137 e. The lowest BCUT2D eigenvalue weighted by Gasteiger charge is -2.13. The van der Waals surface area contributed by atoms with Crippen LogP contribution in [0.1, 0.15) is 23.6 Å². The lowest BCUT2D eigenvalue weighted by molar-refractivity contribution is 0.415. The largest absolute Gasteiger partial charge is 0.495 e. The number of fused-ring (bicyclic) bond motifs is 1. The van der Waals surface area contributed by atoms with Gasteiger partial charge in [-0.05, 0) is 54.3 Å². The van der Waals surface area contributed by atoms with Crippen LogP contribution < -0.4 is 10.1 Å². The van der Waals surface area contributed by atoms with Gasteiger partial charge in [0.2, 0.25) is 0 Å². The molecule has 1 N–H and O–H groups in total. The van der Waals surface area contributed by atoms with Gasteiger partial charge in [0.15, 0.2) is 0 Å². The Hall–Kier alpha value is -1.51. The lowest BCUT2D eigenvalue weighted by atomic mass is 9.96. The molecule has 0 radical (unpaired) electrons. The molecule has 0 spiro atoms. The van der Waals surface area contributed by atoms with Gasteiger partial charge in [-0.15, -0.1) is 0 Å². The van der Waals surface area contributed by atoms with Gasteiger partial charge in [-0.3, -0.25) is 0 Å². The van der Waals surface area contributed by atoms with E-state index in [1.54, 1.807) is 7.11 Å². The number of ether oxygens (including phenoxy) is 1. The summed E-state index contributed by atoms with van der Waals surface area (Å²) in [6, 6.07) is 13.0. The third kappa shape index (κ3) is 2.19. The van der Waals surface area contributed by atoms with E-state index in [2.05, 4.69) is 29.6 Å². The van der Waals surface area contributed by atoms with E-state index in [4.69, 9.17) is 16.3 Å². The first-order valence-electron chi connectivity index (χ1n) is 6.87. The van der Waals surface area contributed by atoms with Crippen LogP contribution >= 0.6 is 11.6 Å². The standard InChI is InChI=1S/C17H18ClNO/c1-19-16-8-7-13-12(4-3-5-14(13)16)11-6-9-17(20-2)15(18)10-11/h3-6,9-10,16,19H,7-8H2,1-2H3. The first-order valence-corrected chi connectivity index (χ1v) is 7.25. The van der Waals surface area contributed by atoms with Crippen molar-refractivity contribution in [3.8, 4) is 16.9 Å². The highest BCUT2D eigenvalue weighted by Gasteiger charge is 2.23. The van der Waals surface area contributed by atoms with E-state index in [1.165, 1.54) is 16.7 Å². The molecule has 1 atom stereocenters. The second-order valence-corrected chi connectivity index (χ2v) is 5.51. The average molecular weight is 288 g/mol. The molecule has 0 saturated carbocycles. The van der Waals surface area contributed by atoms with Crippen molar-refractivity contribution in [2.75, 3.05) is 14.2 Å². The van der Waals surface area contributed by atoms with E-state index >= 15 is 0 Å². The van der Waals surface area contributed by atoms with Crippen LogP contribution in [0.25, 0.3) is 11.1 Å². The van der Waals surface area contributed by atoms with Crippen molar-refractivity contribution in [1.29, 1.82) is 0 Å². The highest BCUT2D eigenvalue weighted by Crippen LogP contribution is 2.39. The van der Waals surface area contributed by atoms with E-state index < -0.39 is 0 Å². The zero-order chi connectivity index (χ0) is 14.1. The summed E-state index contributed by atoms with van der Waals surface area (Å²) in [6.45, 7) is 0. The molecule has 1 aliphatic carbocycles. The van der Waals surface area contributed by atoms with Crippen LogP contribution in [-0.2, 0) is 6.42 Å². The molecule has 0 heterocycles. The van der Waals surface area contributed by atoms with E-state index in [-0.39, 0.29) is 0 Å². The molecule has 0 amide bonds.